The van der Waals surface area contributed by atoms with Gasteiger partial charge in [0.25, 0.3) is 11.8 Å². The minimum atomic E-state index is -0.235. The average Bonchev–Trinajstić information content (AvgIpc) is 3.61. The van der Waals surface area contributed by atoms with Crippen molar-refractivity contribution in [2.75, 3.05) is 7.11 Å². The molecular weight excluding hydrogens is 404 g/mol. The van der Waals surface area contributed by atoms with Gasteiger partial charge in [-0.15, -0.1) is 0 Å². The van der Waals surface area contributed by atoms with Gasteiger partial charge in [0.2, 0.25) is 0 Å². The summed E-state index contributed by atoms with van der Waals surface area (Å²) >= 11 is 0. The van der Waals surface area contributed by atoms with Gasteiger partial charge in [-0.2, -0.15) is 10.1 Å². The van der Waals surface area contributed by atoms with E-state index in [1.165, 1.54) is 0 Å². The Kier molecular flexibility index (Phi) is 4.42. The van der Waals surface area contributed by atoms with E-state index in [2.05, 4.69) is 17.3 Å². The van der Waals surface area contributed by atoms with Crippen molar-refractivity contribution in [3.63, 3.8) is 0 Å². The van der Waals surface area contributed by atoms with E-state index in [1.54, 1.807) is 19.4 Å². The lowest BCUT2D eigenvalue weighted by molar-refractivity contribution is -0.140. The minimum Gasteiger partial charge on any atom is -0.493 e. The average molecular weight is 428 g/mol. The lowest BCUT2D eigenvalue weighted by Crippen LogP contribution is -2.40. The van der Waals surface area contributed by atoms with Crippen molar-refractivity contribution in [1.82, 2.24) is 5.01 Å². The summed E-state index contributed by atoms with van der Waals surface area (Å²) in [5.41, 5.74) is 1.79. The fourth-order valence-electron chi connectivity index (χ4n) is 5.80. The normalized spacial score (nSPS) is 31.7. The number of rotatable bonds is 6. The molecule has 6 heteroatoms. The van der Waals surface area contributed by atoms with Crippen molar-refractivity contribution in [2.24, 2.45) is 40.6 Å². The van der Waals surface area contributed by atoms with E-state index in [4.69, 9.17) is 9.47 Å². The molecule has 2 aromatic carbocycles. The lowest BCUT2D eigenvalue weighted by atomic mass is 9.63. The monoisotopic (exact) mass is 428 g/mol. The van der Waals surface area contributed by atoms with E-state index in [0.717, 1.165) is 22.6 Å². The van der Waals surface area contributed by atoms with Crippen molar-refractivity contribution in [3.8, 4) is 11.5 Å². The van der Waals surface area contributed by atoms with Gasteiger partial charge in [-0.1, -0.05) is 42.5 Å². The quantitative estimate of drug-likeness (QED) is 0.400. The molecule has 3 fully saturated rings. The molecule has 1 aliphatic heterocycles. The lowest BCUT2D eigenvalue weighted by Gasteiger charge is -2.37. The maximum Gasteiger partial charge on any atom is 0.254 e. The molecule has 0 N–H and O–H groups in total. The third kappa shape index (κ3) is 2.97. The molecule has 0 aromatic heterocycles. The van der Waals surface area contributed by atoms with Gasteiger partial charge in [0.1, 0.15) is 6.61 Å². The van der Waals surface area contributed by atoms with Gasteiger partial charge in [0.05, 0.1) is 25.2 Å². The molecule has 6 nitrogen and oxygen atoms in total. The Balaban J connectivity index is 1.18. The van der Waals surface area contributed by atoms with Crippen molar-refractivity contribution in [1.29, 1.82) is 0 Å². The highest BCUT2D eigenvalue weighted by Gasteiger charge is 2.67. The summed E-state index contributed by atoms with van der Waals surface area (Å²) in [5, 5.41) is 5.40. The Hall–Kier alpha value is -3.41. The van der Waals surface area contributed by atoms with E-state index in [1.807, 2.05) is 42.5 Å². The fourth-order valence-corrected chi connectivity index (χ4v) is 5.80. The zero-order chi connectivity index (χ0) is 21.8. The van der Waals surface area contributed by atoms with Crippen LogP contribution in [0.4, 0.5) is 0 Å². The van der Waals surface area contributed by atoms with Crippen LogP contribution in [0.25, 0.3) is 0 Å². The Bertz CT molecular complexity index is 1110. The summed E-state index contributed by atoms with van der Waals surface area (Å²) in [6, 6.07) is 15.4. The molecule has 2 amide bonds. The standard InChI is InChI=1S/C26H24N2O4/c1-31-22-11-16(7-10-21(22)32-14-15-5-3-2-4-6-15)13-27-28-25(29)23-17-8-9-18(20-12-19(17)20)24(23)26(28)30/h2-11,13,17-20,23-24H,12,14H2,1H3. The van der Waals surface area contributed by atoms with Gasteiger partial charge in [-0.05, 0) is 59.4 Å². The minimum absolute atomic E-state index is 0.157. The summed E-state index contributed by atoms with van der Waals surface area (Å²) in [7, 11) is 1.58. The first-order valence-corrected chi connectivity index (χ1v) is 11.1. The fraction of sp³-hybridized carbons (Fsp3) is 0.346. The number of methoxy groups -OCH3 is 1. The van der Waals surface area contributed by atoms with E-state index in [-0.39, 0.29) is 35.5 Å². The number of hydrazone groups is 1. The Morgan fingerprint density at radius 1 is 0.969 bits per heavy atom. The first-order chi connectivity index (χ1) is 15.7. The second kappa shape index (κ2) is 7.33. The van der Waals surface area contributed by atoms with Crippen LogP contribution < -0.4 is 9.47 Å². The van der Waals surface area contributed by atoms with Crippen LogP contribution in [0, 0.1) is 35.5 Å². The van der Waals surface area contributed by atoms with Crippen LogP contribution >= 0.6 is 0 Å². The van der Waals surface area contributed by atoms with Gasteiger partial charge < -0.3 is 9.47 Å². The second-order valence-electron chi connectivity index (χ2n) is 9.07. The van der Waals surface area contributed by atoms with E-state index in [0.29, 0.717) is 29.9 Å². The Morgan fingerprint density at radius 3 is 2.31 bits per heavy atom. The highest BCUT2D eigenvalue weighted by molar-refractivity contribution is 6.06. The van der Waals surface area contributed by atoms with Crippen LogP contribution in [0.5, 0.6) is 11.5 Å². The number of benzene rings is 2. The summed E-state index contributed by atoms with van der Waals surface area (Å²) < 4.78 is 11.4. The number of hydrogen-bond acceptors (Lipinski definition) is 5. The van der Waals surface area contributed by atoms with Gasteiger partial charge >= 0.3 is 0 Å². The predicted molar refractivity (Wildman–Crippen MR) is 118 cm³/mol. The summed E-state index contributed by atoms with van der Waals surface area (Å²) in [6.07, 6.45) is 7.03. The Labute approximate surface area is 186 Å². The van der Waals surface area contributed by atoms with Crippen LogP contribution in [-0.4, -0.2) is 30.1 Å². The summed E-state index contributed by atoms with van der Waals surface area (Å²) in [5.74, 6) is 1.98. The molecule has 1 heterocycles. The van der Waals surface area contributed by atoms with Gasteiger partial charge in [-0.25, -0.2) is 0 Å². The molecule has 1 saturated heterocycles. The molecule has 32 heavy (non-hydrogen) atoms. The van der Waals surface area contributed by atoms with Crippen molar-refractivity contribution in [2.45, 2.75) is 13.0 Å². The SMILES string of the molecule is COc1cc(C=NN2C(=O)C3C4C=CC(C5CC45)C3C2=O)ccc1OCc1ccccc1. The number of carbonyl (C=O) groups excluding carboxylic acids is 2. The van der Waals surface area contributed by atoms with Gasteiger partial charge in [0.15, 0.2) is 11.5 Å². The molecule has 7 rings (SSSR count). The molecule has 0 radical (unpaired) electrons. The second-order valence-corrected chi connectivity index (χ2v) is 9.07. The highest BCUT2D eigenvalue weighted by Crippen LogP contribution is 2.65. The third-order valence-corrected chi connectivity index (χ3v) is 7.39. The number of carbonyl (C=O) groups is 2. The predicted octanol–water partition coefficient (Wildman–Crippen LogP) is 3.66. The van der Waals surface area contributed by atoms with Crippen LogP contribution in [0.1, 0.15) is 17.5 Å². The van der Waals surface area contributed by atoms with Crippen LogP contribution in [0.2, 0.25) is 0 Å². The molecular formula is C26H24N2O4. The molecule has 6 unspecified atom stereocenters. The van der Waals surface area contributed by atoms with Crippen LogP contribution in [0.3, 0.4) is 0 Å². The first-order valence-electron chi connectivity index (χ1n) is 11.1. The maximum atomic E-state index is 13.0. The molecule has 2 saturated carbocycles. The number of nitrogens with zero attached hydrogens (tertiary/aromatic N) is 2. The smallest absolute Gasteiger partial charge is 0.254 e. The zero-order valence-corrected chi connectivity index (χ0v) is 17.8. The molecule has 5 aliphatic rings. The molecule has 2 aromatic rings. The zero-order valence-electron chi connectivity index (χ0n) is 17.8. The van der Waals surface area contributed by atoms with Crippen molar-refractivity contribution in [3.05, 3.63) is 71.8 Å². The number of allylic oxidation sites excluding steroid dienone is 2. The molecule has 162 valence electrons. The molecule has 0 spiro atoms. The molecule has 2 bridgehead atoms. The third-order valence-electron chi connectivity index (χ3n) is 7.39. The molecule has 6 atom stereocenters. The number of ether oxygens (including phenoxy) is 2. The summed E-state index contributed by atoms with van der Waals surface area (Å²) in [4.78, 5) is 26.1. The van der Waals surface area contributed by atoms with Crippen molar-refractivity contribution < 1.29 is 19.1 Å². The number of hydrogen-bond donors (Lipinski definition) is 0. The number of imide groups is 1. The van der Waals surface area contributed by atoms with Crippen LogP contribution in [-0.2, 0) is 16.2 Å². The van der Waals surface area contributed by atoms with E-state index >= 15 is 0 Å². The van der Waals surface area contributed by atoms with Gasteiger partial charge in [-0.3, -0.25) is 9.59 Å². The van der Waals surface area contributed by atoms with Gasteiger partial charge in [0, 0.05) is 0 Å². The Morgan fingerprint density at radius 2 is 1.66 bits per heavy atom. The van der Waals surface area contributed by atoms with E-state index in [9.17, 15) is 9.59 Å². The summed E-state index contributed by atoms with van der Waals surface area (Å²) in [6.45, 7) is 0.433. The largest absolute Gasteiger partial charge is 0.493 e. The maximum absolute atomic E-state index is 13.0. The van der Waals surface area contributed by atoms with Crippen molar-refractivity contribution >= 4 is 18.0 Å². The molecule has 4 aliphatic carbocycles. The topological polar surface area (TPSA) is 68.2 Å². The van der Waals surface area contributed by atoms with Crippen LogP contribution in [0.15, 0.2) is 65.8 Å². The first kappa shape index (κ1) is 19.3. The van der Waals surface area contributed by atoms with E-state index < -0.39 is 0 Å². The number of amides is 2. The highest BCUT2D eigenvalue weighted by atomic mass is 16.5.